The first-order chi connectivity index (χ1) is 11.5. The van der Waals surface area contributed by atoms with Crippen LogP contribution in [0.5, 0.6) is 0 Å². The number of aryl methyl sites for hydroxylation is 1. The molecule has 4 N–H and O–H groups in total. The van der Waals surface area contributed by atoms with Crippen LogP contribution >= 0.6 is 0 Å². The van der Waals surface area contributed by atoms with Gasteiger partial charge in [-0.2, -0.15) is 0 Å². The molecule has 122 valence electrons. The van der Waals surface area contributed by atoms with E-state index in [1.807, 2.05) is 44.2 Å². The normalized spacial score (nSPS) is 11.0. The summed E-state index contributed by atoms with van der Waals surface area (Å²) in [4.78, 5) is 21.8. The number of carbonyl (C=O) groups excluding carboxylic acids is 2. The average molecular weight is 321 g/mol. The van der Waals surface area contributed by atoms with Crippen molar-refractivity contribution in [2.75, 3.05) is 11.1 Å². The molecule has 0 heterocycles. The fourth-order valence-electron chi connectivity index (χ4n) is 2.43. The summed E-state index contributed by atoms with van der Waals surface area (Å²) in [6.07, 6.45) is 3.33. The van der Waals surface area contributed by atoms with Crippen LogP contribution in [-0.4, -0.2) is 18.4 Å². The number of hydrogen-bond acceptors (Lipinski definition) is 4. The fourth-order valence-corrected chi connectivity index (χ4v) is 2.43. The first kappa shape index (κ1) is 17.1. The Morgan fingerprint density at radius 3 is 2.54 bits per heavy atom. The van der Waals surface area contributed by atoms with Gasteiger partial charge in [-0.15, -0.1) is 0 Å². The van der Waals surface area contributed by atoms with E-state index in [-0.39, 0.29) is 6.29 Å². The molecule has 2 aromatic rings. The summed E-state index contributed by atoms with van der Waals surface area (Å²) in [6, 6.07) is 11.2. The molecule has 0 aliphatic rings. The molecule has 0 fully saturated rings. The van der Waals surface area contributed by atoms with E-state index in [1.165, 1.54) is 0 Å². The number of amides is 1. The molecule has 0 atom stereocenters. The molecule has 0 radical (unpaired) electrons. The third-order valence-corrected chi connectivity index (χ3v) is 3.73. The zero-order chi connectivity index (χ0) is 17.7. The van der Waals surface area contributed by atoms with Gasteiger partial charge in [-0.25, -0.2) is 0 Å². The molecule has 0 saturated heterocycles. The topological polar surface area (TPSA) is 96.0 Å². The fraction of sp³-hybridized carbons (Fsp3) is 0.105. The number of aldehydes is 1. The zero-order valence-corrected chi connectivity index (χ0v) is 13.6. The van der Waals surface area contributed by atoms with Crippen molar-refractivity contribution in [1.82, 2.24) is 0 Å². The lowest BCUT2D eigenvalue weighted by Crippen LogP contribution is -2.13. The number of allylic oxidation sites excluding steroid dienone is 1. The number of hydrogen-bond donors (Lipinski definition) is 3. The number of benzene rings is 2. The summed E-state index contributed by atoms with van der Waals surface area (Å²) >= 11 is 0. The number of nitrogens with one attached hydrogen (secondary N) is 2. The van der Waals surface area contributed by atoms with Crippen molar-refractivity contribution >= 4 is 41.4 Å². The van der Waals surface area contributed by atoms with Crippen LogP contribution in [0.3, 0.4) is 0 Å². The minimum atomic E-state index is -0.748. The molecule has 0 saturated carbocycles. The monoisotopic (exact) mass is 321 g/mol. The molecule has 0 aromatic heterocycles. The maximum Gasteiger partial charge on any atom is 0.288 e. The van der Waals surface area contributed by atoms with Crippen LogP contribution in [0.25, 0.3) is 11.6 Å². The lowest BCUT2D eigenvalue weighted by molar-refractivity contribution is -0.127. The van der Waals surface area contributed by atoms with E-state index in [0.29, 0.717) is 22.5 Å². The van der Waals surface area contributed by atoms with Crippen molar-refractivity contribution in [3.63, 3.8) is 0 Å². The van der Waals surface area contributed by atoms with Gasteiger partial charge in [0.2, 0.25) is 6.29 Å². The van der Waals surface area contributed by atoms with Gasteiger partial charge in [0.05, 0.1) is 0 Å². The van der Waals surface area contributed by atoms with Gasteiger partial charge in [0.25, 0.3) is 5.91 Å². The molecule has 24 heavy (non-hydrogen) atoms. The predicted octanol–water partition coefficient (Wildman–Crippen LogP) is 3.27. The molecule has 2 rings (SSSR count). The summed E-state index contributed by atoms with van der Waals surface area (Å²) in [6.45, 7) is 3.93. The van der Waals surface area contributed by atoms with E-state index >= 15 is 0 Å². The van der Waals surface area contributed by atoms with Crippen LogP contribution in [0.4, 0.5) is 11.4 Å². The highest BCUT2D eigenvalue weighted by molar-refractivity contribution is 6.29. The summed E-state index contributed by atoms with van der Waals surface area (Å²) in [5, 5.41) is 9.97. The highest BCUT2D eigenvalue weighted by Gasteiger charge is 2.10. The van der Waals surface area contributed by atoms with Gasteiger partial charge in [-0.3, -0.25) is 9.59 Å². The van der Waals surface area contributed by atoms with E-state index in [0.717, 1.165) is 22.9 Å². The summed E-state index contributed by atoms with van der Waals surface area (Å²) in [7, 11) is 0. The molecule has 5 nitrogen and oxygen atoms in total. The first-order valence-electron chi connectivity index (χ1n) is 7.40. The van der Waals surface area contributed by atoms with Crippen LogP contribution < -0.4 is 11.1 Å². The lowest BCUT2D eigenvalue weighted by atomic mass is 9.97. The standard InChI is InChI=1S/C19H19N3O2/c1-12-5-3-4-6-14(12)7-13(2)17-9-16(22-18(24)11-23)8-15(10-20)19(17)21/h3-11,20H,21H2,1-2H3,(H,22,24)/b13-7+,20-10?. The molecule has 5 heteroatoms. The van der Waals surface area contributed by atoms with Gasteiger partial charge in [0.1, 0.15) is 0 Å². The molecule has 0 spiro atoms. The molecule has 0 aliphatic carbocycles. The Labute approximate surface area is 140 Å². The summed E-state index contributed by atoms with van der Waals surface area (Å²) in [5.74, 6) is -0.748. The Kier molecular flexibility index (Phi) is 5.27. The number of rotatable bonds is 5. The van der Waals surface area contributed by atoms with E-state index in [1.54, 1.807) is 12.1 Å². The van der Waals surface area contributed by atoms with Gasteiger partial charge < -0.3 is 16.5 Å². The van der Waals surface area contributed by atoms with Gasteiger partial charge >= 0.3 is 0 Å². The second kappa shape index (κ2) is 7.37. The van der Waals surface area contributed by atoms with Crippen molar-refractivity contribution in [1.29, 1.82) is 5.41 Å². The average Bonchev–Trinajstić information content (AvgIpc) is 2.58. The van der Waals surface area contributed by atoms with Gasteiger partial charge in [0.15, 0.2) is 0 Å². The van der Waals surface area contributed by atoms with Crippen LogP contribution in [0, 0.1) is 12.3 Å². The van der Waals surface area contributed by atoms with E-state index in [9.17, 15) is 9.59 Å². The van der Waals surface area contributed by atoms with Gasteiger partial charge in [0, 0.05) is 28.7 Å². The highest BCUT2D eigenvalue weighted by atomic mass is 16.2. The predicted molar refractivity (Wildman–Crippen MR) is 98.2 cm³/mol. The molecule has 0 aliphatic heterocycles. The summed E-state index contributed by atoms with van der Waals surface area (Å²) in [5.41, 5.74) is 11.3. The van der Waals surface area contributed by atoms with E-state index in [4.69, 9.17) is 11.1 Å². The van der Waals surface area contributed by atoms with Crippen LogP contribution in [0.1, 0.15) is 29.2 Å². The number of carbonyl (C=O) groups is 2. The van der Waals surface area contributed by atoms with Crippen molar-refractivity contribution in [3.05, 3.63) is 58.7 Å². The Morgan fingerprint density at radius 1 is 1.21 bits per heavy atom. The van der Waals surface area contributed by atoms with Crippen molar-refractivity contribution in [3.8, 4) is 0 Å². The number of anilines is 2. The maximum absolute atomic E-state index is 11.3. The molecule has 0 bridgehead atoms. The van der Waals surface area contributed by atoms with Crippen LogP contribution in [0.15, 0.2) is 36.4 Å². The third kappa shape index (κ3) is 3.76. The molecule has 2 aromatic carbocycles. The zero-order valence-electron chi connectivity index (χ0n) is 13.6. The number of nitrogens with two attached hydrogens (primary N) is 1. The molecular weight excluding hydrogens is 302 g/mol. The molecule has 0 unspecified atom stereocenters. The smallest absolute Gasteiger partial charge is 0.288 e. The van der Waals surface area contributed by atoms with E-state index < -0.39 is 5.91 Å². The largest absolute Gasteiger partial charge is 0.398 e. The highest BCUT2D eigenvalue weighted by Crippen LogP contribution is 2.30. The Balaban J connectivity index is 2.53. The number of nitrogen functional groups attached to an aromatic ring is 1. The van der Waals surface area contributed by atoms with Crippen LogP contribution in [0.2, 0.25) is 0 Å². The van der Waals surface area contributed by atoms with E-state index in [2.05, 4.69) is 5.32 Å². The minimum absolute atomic E-state index is 0.205. The Hall–Kier alpha value is -3.21. The summed E-state index contributed by atoms with van der Waals surface area (Å²) < 4.78 is 0. The quantitative estimate of drug-likeness (QED) is 0.259. The lowest BCUT2D eigenvalue weighted by Gasteiger charge is -2.13. The van der Waals surface area contributed by atoms with Crippen molar-refractivity contribution < 1.29 is 9.59 Å². The molecule has 1 amide bonds. The minimum Gasteiger partial charge on any atom is -0.398 e. The van der Waals surface area contributed by atoms with Gasteiger partial charge in [-0.05, 0) is 42.7 Å². The SMILES string of the molecule is C/C(=C\c1ccccc1C)c1cc(NC(=O)C=O)cc(C=N)c1N. The van der Waals surface area contributed by atoms with Gasteiger partial charge in [-0.1, -0.05) is 30.3 Å². The Bertz CT molecular complexity index is 839. The van der Waals surface area contributed by atoms with Crippen molar-refractivity contribution in [2.24, 2.45) is 0 Å². The molecular formula is C19H19N3O2. The Morgan fingerprint density at radius 2 is 1.92 bits per heavy atom. The second-order valence-corrected chi connectivity index (χ2v) is 5.46. The first-order valence-corrected chi connectivity index (χ1v) is 7.40. The second-order valence-electron chi connectivity index (χ2n) is 5.46. The third-order valence-electron chi connectivity index (χ3n) is 3.73. The maximum atomic E-state index is 11.3. The van der Waals surface area contributed by atoms with Crippen molar-refractivity contribution in [2.45, 2.75) is 13.8 Å². The van der Waals surface area contributed by atoms with Crippen LogP contribution in [-0.2, 0) is 9.59 Å².